The first-order valence-corrected chi connectivity index (χ1v) is 6.60. The summed E-state index contributed by atoms with van der Waals surface area (Å²) in [6, 6.07) is 0. The fraction of sp³-hybridized carbons (Fsp3) is 0.692. The van der Waals surface area contributed by atoms with Crippen LogP contribution in [-0.4, -0.2) is 50.1 Å². The fourth-order valence-electron chi connectivity index (χ4n) is 1.60. The van der Waals surface area contributed by atoms with Crippen LogP contribution in [0.1, 0.15) is 19.4 Å². The van der Waals surface area contributed by atoms with Crippen molar-refractivity contribution in [2.45, 2.75) is 20.3 Å². The van der Waals surface area contributed by atoms with E-state index in [2.05, 4.69) is 22.2 Å². The summed E-state index contributed by atoms with van der Waals surface area (Å²) in [5, 5.41) is 3.21. The summed E-state index contributed by atoms with van der Waals surface area (Å²) in [5.74, 6) is 1.47. The van der Waals surface area contributed by atoms with Gasteiger partial charge in [-0.2, -0.15) is 0 Å². The van der Waals surface area contributed by atoms with Crippen LogP contribution in [0.15, 0.2) is 6.33 Å². The summed E-state index contributed by atoms with van der Waals surface area (Å²) in [5.41, 5.74) is 1.00. The molecule has 1 aromatic rings. The molecule has 1 rings (SSSR count). The van der Waals surface area contributed by atoms with E-state index >= 15 is 0 Å². The van der Waals surface area contributed by atoms with E-state index in [4.69, 9.17) is 14.2 Å². The van der Waals surface area contributed by atoms with Gasteiger partial charge in [0.05, 0.1) is 25.4 Å². The Labute approximate surface area is 114 Å². The lowest BCUT2D eigenvalue weighted by molar-refractivity contribution is 0.0535. The lowest BCUT2D eigenvalue weighted by Crippen LogP contribution is -2.12. The van der Waals surface area contributed by atoms with Gasteiger partial charge in [0.15, 0.2) is 0 Å². The van der Waals surface area contributed by atoms with Crippen LogP contribution >= 0.6 is 0 Å². The van der Waals surface area contributed by atoms with Crippen molar-refractivity contribution in [3.05, 3.63) is 11.9 Å². The summed E-state index contributed by atoms with van der Waals surface area (Å²) < 4.78 is 15.9. The van der Waals surface area contributed by atoms with Crippen molar-refractivity contribution in [1.82, 2.24) is 9.97 Å². The van der Waals surface area contributed by atoms with Gasteiger partial charge in [-0.1, -0.05) is 6.92 Å². The minimum Gasteiger partial charge on any atom is -0.475 e. The van der Waals surface area contributed by atoms with Crippen LogP contribution in [0.25, 0.3) is 0 Å². The number of methoxy groups -OCH3 is 1. The van der Waals surface area contributed by atoms with Gasteiger partial charge in [0.1, 0.15) is 18.8 Å². The van der Waals surface area contributed by atoms with Gasteiger partial charge < -0.3 is 19.5 Å². The molecule has 0 amide bonds. The lowest BCUT2D eigenvalue weighted by Gasteiger charge is -2.13. The number of hydrogen-bond donors (Lipinski definition) is 1. The molecule has 0 saturated carbocycles. The minimum atomic E-state index is 0.472. The van der Waals surface area contributed by atoms with Crippen molar-refractivity contribution >= 4 is 5.82 Å². The van der Waals surface area contributed by atoms with Crippen molar-refractivity contribution in [3.8, 4) is 5.88 Å². The Hall–Kier alpha value is -1.40. The standard InChI is InChI=1S/C13H23N3O3/c1-4-11-12(14-5-2)15-10-16-13(11)19-9-8-18-7-6-17-3/h10H,4-9H2,1-3H3,(H,14,15,16). The highest BCUT2D eigenvalue weighted by Crippen LogP contribution is 2.22. The maximum Gasteiger partial charge on any atom is 0.221 e. The van der Waals surface area contributed by atoms with Gasteiger partial charge >= 0.3 is 0 Å². The maximum atomic E-state index is 5.64. The van der Waals surface area contributed by atoms with Gasteiger partial charge in [-0.05, 0) is 13.3 Å². The van der Waals surface area contributed by atoms with Crippen LogP contribution in [-0.2, 0) is 15.9 Å². The van der Waals surface area contributed by atoms with E-state index in [1.165, 1.54) is 6.33 Å². The minimum absolute atomic E-state index is 0.472. The number of nitrogens with zero attached hydrogens (tertiary/aromatic N) is 2. The zero-order chi connectivity index (χ0) is 13.9. The van der Waals surface area contributed by atoms with Crippen LogP contribution in [0.5, 0.6) is 5.88 Å². The fourth-order valence-corrected chi connectivity index (χ4v) is 1.60. The molecule has 108 valence electrons. The molecule has 0 saturated heterocycles. The normalized spacial score (nSPS) is 10.5. The molecule has 0 spiro atoms. The highest BCUT2D eigenvalue weighted by atomic mass is 16.5. The first-order chi connectivity index (χ1) is 9.33. The van der Waals surface area contributed by atoms with Crippen LogP contribution in [0.2, 0.25) is 0 Å². The third-order valence-corrected chi connectivity index (χ3v) is 2.50. The largest absolute Gasteiger partial charge is 0.475 e. The SMILES string of the molecule is CCNc1ncnc(OCCOCCOC)c1CC. The second-order valence-corrected chi connectivity index (χ2v) is 3.84. The Morgan fingerprint density at radius 2 is 1.89 bits per heavy atom. The van der Waals surface area contributed by atoms with E-state index < -0.39 is 0 Å². The number of nitrogens with one attached hydrogen (secondary N) is 1. The van der Waals surface area contributed by atoms with Gasteiger partial charge in [-0.3, -0.25) is 0 Å². The maximum absolute atomic E-state index is 5.64. The summed E-state index contributed by atoms with van der Waals surface area (Å²) >= 11 is 0. The summed E-state index contributed by atoms with van der Waals surface area (Å²) in [6.45, 7) is 7.08. The van der Waals surface area contributed by atoms with Crippen molar-refractivity contribution in [1.29, 1.82) is 0 Å². The first-order valence-electron chi connectivity index (χ1n) is 6.60. The molecule has 19 heavy (non-hydrogen) atoms. The van der Waals surface area contributed by atoms with Gasteiger partial charge in [-0.25, -0.2) is 9.97 Å². The van der Waals surface area contributed by atoms with E-state index in [9.17, 15) is 0 Å². The van der Waals surface area contributed by atoms with Crippen LogP contribution in [0.4, 0.5) is 5.82 Å². The molecule has 0 aliphatic rings. The Morgan fingerprint density at radius 1 is 1.11 bits per heavy atom. The van der Waals surface area contributed by atoms with Gasteiger partial charge in [0.2, 0.25) is 5.88 Å². The van der Waals surface area contributed by atoms with Gasteiger partial charge in [-0.15, -0.1) is 0 Å². The first kappa shape index (κ1) is 15.7. The van der Waals surface area contributed by atoms with E-state index in [1.54, 1.807) is 7.11 Å². The quantitative estimate of drug-likeness (QED) is 0.650. The average Bonchev–Trinajstić information content (AvgIpc) is 2.43. The number of rotatable bonds is 10. The molecule has 0 aliphatic carbocycles. The second-order valence-electron chi connectivity index (χ2n) is 3.84. The summed E-state index contributed by atoms with van der Waals surface area (Å²) in [7, 11) is 1.65. The number of anilines is 1. The Morgan fingerprint density at radius 3 is 2.58 bits per heavy atom. The molecule has 1 N–H and O–H groups in total. The van der Waals surface area contributed by atoms with Crippen LogP contribution in [0.3, 0.4) is 0 Å². The van der Waals surface area contributed by atoms with Gasteiger partial charge in [0.25, 0.3) is 0 Å². The molecule has 0 fully saturated rings. The average molecular weight is 269 g/mol. The highest BCUT2D eigenvalue weighted by molar-refractivity contribution is 5.48. The third-order valence-electron chi connectivity index (χ3n) is 2.50. The Balaban J connectivity index is 2.46. The highest BCUT2D eigenvalue weighted by Gasteiger charge is 2.10. The Kier molecular flexibility index (Phi) is 7.84. The van der Waals surface area contributed by atoms with Crippen LogP contribution < -0.4 is 10.1 Å². The predicted molar refractivity (Wildman–Crippen MR) is 73.8 cm³/mol. The van der Waals surface area contributed by atoms with Gasteiger partial charge in [0, 0.05) is 13.7 Å². The molecule has 1 heterocycles. The van der Waals surface area contributed by atoms with E-state index in [1.807, 2.05) is 6.92 Å². The molecule has 1 aromatic heterocycles. The smallest absolute Gasteiger partial charge is 0.221 e. The predicted octanol–water partition coefficient (Wildman–Crippen LogP) is 1.51. The summed E-state index contributed by atoms with van der Waals surface area (Å²) in [6.07, 6.45) is 2.33. The topological polar surface area (TPSA) is 65.5 Å². The third kappa shape index (κ3) is 5.40. The molecule has 0 aromatic carbocycles. The molecule has 6 heteroatoms. The molecule has 0 unspecified atom stereocenters. The number of aromatic nitrogens is 2. The number of ether oxygens (including phenoxy) is 3. The molecular weight excluding hydrogens is 246 g/mol. The molecule has 0 aliphatic heterocycles. The zero-order valence-electron chi connectivity index (χ0n) is 11.9. The van der Waals surface area contributed by atoms with Crippen molar-refractivity contribution < 1.29 is 14.2 Å². The molecular formula is C13H23N3O3. The lowest BCUT2D eigenvalue weighted by atomic mass is 10.2. The van der Waals surface area contributed by atoms with Crippen molar-refractivity contribution in [2.24, 2.45) is 0 Å². The molecule has 0 atom stereocenters. The summed E-state index contributed by atoms with van der Waals surface area (Å²) in [4.78, 5) is 8.39. The van der Waals surface area contributed by atoms with E-state index in [0.717, 1.165) is 24.3 Å². The van der Waals surface area contributed by atoms with E-state index in [0.29, 0.717) is 32.3 Å². The monoisotopic (exact) mass is 269 g/mol. The Bertz CT molecular complexity index is 361. The molecule has 0 radical (unpaired) electrons. The van der Waals surface area contributed by atoms with Crippen LogP contribution in [0, 0.1) is 0 Å². The molecule has 6 nitrogen and oxygen atoms in total. The number of hydrogen-bond acceptors (Lipinski definition) is 6. The van der Waals surface area contributed by atoms with Crippen molar-refractivity contribution in [2.75, 3.05) is 45.4 Å². The second kappa shape index (κ2) is 9.52. The zero-order valence-corrected chi connectivity index (χ0v) is 11.9. The molecule has 0 bridgehead atoms. The van der Waals surface area contributed by atoms with E-state index in [-0.39, 0.29) is 0 Å². The van der Waals surface area contributed by atoms with Crippen molar-refractivity contribution in [3.63, 3.8) is 0 Å².